The van der Waals surface area contributed by atoms with Gasteiger partial charge in [-0.25, -0.2) is 4.39 Å². The first-order valence-corrected chi connectivity index (χ1v) is 14.9. The van der Waals surface area contributed by atoms with Crippen LogP contribution in [0.3, 0.4) is 0 Å². The van der Waals surface area contributed by atoms with Crippen molar-refractivity contribution in [1.82, 2.24) is 15.6 Å². The largest absolute Gasteiger partial charge is 0.493 e. The maximum absolute atomic E-state index is 15.1. The van der Waals surface area contributed by atoms with Crippen LogP contribution in [0.4, 0.5) is 10.1 Å². The number of rotatable bonds is 10. The Labute approximate surface area is 264 Å². The fraction of sp³-hybridized carbons (Fsp3) is 0.281. The number of nitrogens with one attached hydrogen (secondary N) is 3. The van der Waals surface area contributed by atoms with E-state index in [2.05, 4.69) is 20.9 Å². The minimum atomic E-state index is -0.939. The molecular weight excluding hydrogens is 610 g/mol. The number of nitrogens with zero attached hydrogens (tertiary/aromatic N) is 1. The average Bonchev–Trinajstić information content (AvgIpc) is 3.02. The molecule has 1 saturated heterocycles. The molecule has 4 aromatic rings. The first-order valence-electron chi connectivity index (χ1n) is 14.1. The van der Waals surface area contributed by atoms with E-state index in [0.29, 0.717) is 57.1 Å². The molecule has 0 bridgehead atoms. The Kier molecular flexibility index (Phi) is 10.4. The number of hydrogen-bond donors (Lipinski definition) is 3. The third kappa shape index (κ3) is 7.88. The minimum absolute atomic E-state index is 0.0787. The number of methoxy groups -OCH3 is 1. The van der Waals surface area contributed by atoms with E-state index in [1.165, 1.54) is 12.1 Å². The van der Waals surface area contributed by atoms with Crippen LogP contribution < -0.4 is 30.2 Å². The van der Waals surface area contributed by atoms with Gasteiger partial charge in [0.15, 0.2) is 23.1 Å². The highest BCUT2D eigenvalue weighted by Gasteiger charge is 2.18. The molecule has 2 heterocycles. The number of carbonyl (C=O) groups is 2. The van der Waals surface area contributed by atoms with Crippen molar-refractivity contribution in [1.29, 1.82) is 0 Å². The number of halogens is 3. The van der Waals surface area contributed by atoms with E-state index in [0.717, 1.165) is 37.6 Å². The SMILES string of the molecule is COc1cc2c(Oc3ccc(NC(=O)C(=O)NCCc4ccc(Cl)cc4Cl)cc3F)ccnc2cc1OCC1CCNCC1. The Balaban J connectivity index is 1.21. The minimum Gasteiger partial charge on any atom is -0.493 e. The highest BCUT2D eigenvalue weighted by atomic mass is 35.5. The quantitative estimate of drug-likeness (QED) is 0.178. The smallest absolute Gasteiger partial charge is 0.313 e. The Morgan fingerprint density at radius 2 is 1.80 bits per heavy atom. The van der Waals surface area contributed by atoms with Gasteiger partial charge < -0.3 is 30.2 Å². The summed E-state index contributed by atoms with van der Waals surface area (Å²) in [5, 5.41) is 9.83. The second kappa shape index (κ2) is 14.6. The number of aromatic nitrogens is 1. The molecule has 1 aliphatic rings. The summed E-state index contributed by atoms with van der Waals surface area (Å²) >= 11 is 12.0. The van der Waals surface area contributed by atoms with Crippen molar-refractivity contribution in [2.75, 3.05) is 38.7 Å². The van der Waals surface area contributed by atoms with Crippen molar-refractivity contribution < 1.29 is 28.2 Å². The predicted molar refractivity (Wildman–Crippen MR) is 168 cm³/mol. The third-order valence-corrected chi connectivity index (χ3v) is 7.82. The molecule has 0 unspecified atom stereocenters. The number of amides is 2. The first kappa shape index (κ1) is 31.3. The van der Waals surface area contributed by atoms with Crippen molar-refractivity contribution in [3.8, 4) is 23.0 Å². The molecule has 0 saturated carbocycles. The van der Waals surface area contributed by atoms with Crippen molar-refractivity contribution in [2.45, 2.75) is 19.3 Å². The van der Waals surface area contributed by atoms with Gasteiger partial charge in [-0.05, 0) is 80.2 Å². The van der Waals surface area contributed by atoms with Crippen LogP contribution >= 0.6 is 23.2 Å². The summed E-state index contributed by atoms with van der Waals surface area (Å²) in [5.74, 6) is -0.718. The van der Waals surface area contributed by atoms with Crippen LogP contribution in [0, 0.1) is 11.7 Å². The van der Waals surface area contributed by atoms with Crippen LogP contribution in [-0.4, -0.2) is 50.1 Å². The van der Waals surface area contributed by atoms with Crippen LogP contribution in [0.15, 0.2) is 60.8 Å². The number of ether oxygens (including phenoxy) is 3. The van der Waals surface area contributed by atoms with E-state index in [1.807, 2.05) is 0 Å². The Morgan fingerprint density at radius 3 is 2.55 bits per heavy atom. The topological polar surface area (TPSA) is 111 Å². The van der Waals surface area contributed by atoms with Gasteiger partial charge in [0.05, 0.1) is 19.2 Å². The monoisotopic (exact) mass is 640 g/mol. The lowest BCUT2D eigenvalue weighted by atomic mass is 9.99. The van der Waals surface area contributed by atoms with Gasteiger partial charge >= 0.3 is 11.8 Å². The highest BCUT2D eigenvalue weighted by molar-refractivity contribution is 6.39. The summed E-state index contributed by atoms with van der Waals surface area (Å²) in [4.78, 5) is 29.1. The molecule has 0 spiro atoms. The molecule has 2 amide bonds. The van der Waals surface area contributed by atoms with Crippen LogP contribution in [0.2, 0.25) is 10.0 Å². The zero-order valence-electron chi connectivity index (χ0n) is 23.9. The number of anilines is 1. The van der Waals surface area contributed by atoms with Crippen LogP contribution in [-0.2, 0) is 16.0 Å². The predicted octanol–water partition coefficient (Wildman–Crippen LogP) is 6.16. The van der Waals surface area contributed by atoms with Gasteiger partial charge in [0, 0.05) is 46.0 Å². The molecule has 5 rings (SSSR count). The van der Waals surface area contributed by atoms with Crippen LogP contribution in [0.5, 0.6) is 23.0 Å². The number of carbonyl (C=O) groups excluding carboxylic acids is 2. The van der Waals surface area contributed by atoms with E-state index >= 15 is 4.39 Å². The van der Waals surface area contributed by atoms with Gasteiger partial charge in [0.2, 0.25) is 0 Å². The molecule has 0 radical (unpaired) electrons. The molecule has 44 heavy (non-hydrogen) atoms. The molecule has 0 atom stereocenters. The van der Waals surface area contributed by atoms with Crippen LogP contribution in [0.1, 0.15) is 18.4 Å². The molecule has 3 aromatic carbocycles. The Bertz CT molecular complexity index is 1670. The van der Waals surface area contributed by atoms with Gasteiger partial charge in [-0.2, -0.15) is 0 Å². The molecule has 9 nitrogen and oxygen atoms in total. The summed E-state index contributed by atoms with van der Waals surface area (Å²) in [7, 11) is 1.55. The van der Waals surface area contributed by atoms with E-state index < -0.39 is 17.6 Å². The summed E-state index contributed by atoms with van der Waals surface area (Å²) in [6.45, 7) is 2.71. The lowest BCUT2D eigenvalue weighted by Gasteiger charge is -2.23. The fourth-order valence-corrected chi connectivity index (χ4v) is 5.33. The standard InChI is InChI=1S/C32H31Cl2FN4O5/c1-42-29-16-23-26(17-30(29)43-18-19-6-10-36-11-7-19)37-13-9-27(23)44-28-5-4-22(15-25(28)35)39-32(41)31(40)38-12-8-20-2-3-21(33)14-24(20)34/h2-5,9,13-17,19,36H,6-8,10-12,18H2,1H3,(H,38,40)(H,39,41). The zero-order valence-corrected chi connectivity index (χ0v) is 25.4. The first-order chi connectivity index (χ1) is 21.3. The van der Waals surface area contributed by atoms with Crippen molar-refractivity contribution in [3.63, 3.8) is 0 Å². The van der Waals surface area contributed by atoms with Crippen molar-refractivity contribution >= 4 is 51.6 Å². The number of benzene rings is 3. The molecule has 12 heteroatoms. The maximum atomic E-state index is 15.1. The molecular formula is C32H31Cl2FN4O5. The fourth-order valence-electron chi connectivity index (χ4n) is 4.83. The molecule has 1 aliphatic heterocycles. The van der Waals surface area contributed by atoms with E-state index in [-0.39, 0.29) is 18.0 Å². The van der Waals surface area contributed by atoms with Crippen molar-refractivity contribution in [2.24, 2.45) is 5.92 Å². The van der Waals surface area contributed by atoms with E-state index in [9.17, 15) is 9.59 Å². The van der Waals surface area contributed by atoms with Crippen molar-refractivity contribution in [3.05, 3.63) is 82.2 Å². The summed E-state index contributed by atoms with van der Waals surface area (Å²) in [6, 6.07) is 14.1. The molecule has 0 aliphatic carbocycles. The van der Waals surface area contributed by atoms with Gasteiger partial charge in [-0.15, -0.1) is 0 Å². The van der Waals surface area contributed by atoms with Gasteiger partial charge in [0.1, 0.15) is 5.75 Å². The molecule has 230 valence electrons. The average molecular weight is 642 g/mol. The second-order valence-corrected chi connectivity index (χ2v) is 11.1. The van der Waals surface area contributed by atoms with E-state index in [1.54, 1.807) is 49.7 Å². The van der Waals surface area contributed by atoms with Crippen LogP contribution in [0.25, 0.3) is 10.9 Å². The number of piperidine rings is 1. The third-order valence-electron chi connectivity index (χ3n) is 7.23. The Hall–Kier alpha value is -4.12. The summed E-state index contributed by atoms with van der Waals surface area (Å²) in [5.41, 5.74) is 1.46. The van der Waals surface area contributed by atoms with Gasteiger partial charge in [-0.1, -0.05) is 29.3 Å². The second-order valence-electron chi connectivity index (χ2n) is 10.3. The van der Waals surface area contributed by atoms with E-state index in [4.69, 9.17) is 37.4 Å². The normalized spacial score (nSPS) is 13.4. The summed E-state index contributed by atoms with van der Waals surface area (Å²) < 4.78 is 32.6. The summed E-state index contributed by atoms with van der Waals surface area (Å²) in [6.07, 6.45) is 4.06. The number of pyridine rings is 1. The number of fused-ring (bicyclic) bond motifs is 1. The zero-order chi connectivity index (χ0) is 31.1. The number of hydrogen-bond acceptors (Lipinski definition) is 7. The lowest BCUT2D eigenvalue weighted by Crippen LogP contribution is -2.36. The van der Waals surface area contributed by atoms with Gasteiger partial charge in [0.25, 0.3) is 0 Å². The highest BCUT2D eigenvalue weighted by Crippen LogP contribution is 2.38. The molecule has 1 aromatic heterocycles. The maximum Gasteiger partial charge on any atom is 0.313 e. The molecule has 3 N–H and O–H groups in total. The molecule has 1 fully saturated rings. The lowest BCUT2D eigenvalue weighted by molar-refractivity contribution is -0.136. The van der Waals surface area contributed by atoms with Gasteiger partial charge in [-0.3, -0.25) is 14.6 Å². The Morgan fingerprint density at radius 1 is 0.977 bits per heavy atom.